The minimum absolute atomic E-state index is 0.228. The minimum atomic E-state index is -1.19. The highest BCUT2D eigenvalue weighted by Gasteiger charge is 2.18. The van der Waals surface area contributed by atoms with E-state index in [1.165, 1.54) is 7.11 Å². The maximum absolute atomic E-state index is 11.7. The monoisotopic (exact) mass is 301 g/mol. The van der Waals surface area contributed by atoms with Crippen LogP contribution in [0.2, 0.25) is 0 Å². The van der Waals surface area contributed by atoms with Gasteiger partial charge in [0.2, 0.25) is 0 Å². The molecule has 0 bridgehead atoms. The Kier molecular flexibility index (Phi) is 4.65. The first-order valence-electron chi connectivity index (χ1n) is 4.81. The van der Waals surface area contributed by atoms with Gasteiger partial charge in [-0.15, -0.1) is 0 Å². The second-order valence-electron chi connectivity index (χ2n) is 3.42. The molecule has 0 fully saturated rings. The topological polar surface area (TPSA) is 89.6 Å². The predicted octanol–water partition coefficient (Wildman–Crippen LogP) is 1.44. The number of ether oxygens (including phenoxy) is 1. The third-order valence-corrected chi connectivity index (χ3v) is 2.82. The van der Waals surface area contributed by atoms with Crippen LogP contribution in [0, 0.1) is 0 Å². The van der Waals surface area contributed by atoms with Crippen LogP contribution in [-0.2, 0) is 4.79 Å². The van der Waals surface area contributed by atoms with Crippen LogP contribution in [0.1, 0.15) is 16.8 Å². The van der Waals surface area contributed by atoms with Gasteiger partial charge < -0.3 is 15.6 Å². The number of rotatable bonds is 5. The van der Waals surface area contributed by atoms with Crippen molar-refractivity contribution in [3.8, 4) is 5.75 Å². The number of carboxylic acid groups (broad SMARTS) is 1. The molecule has 3 N–H and O–H groups in total. The SMILES string of the molecule is COc1ccc(C(=O)C[C@H](N)C(=O)O)cc1Br. The van der Waals surface area contributed by atoms with E-state index in [9.17, 15) is 9.59 Å². The van der Waals surface area contributed by atoms with Crippen molar-refractivity contribution in [3.05, 3.63) is 28.2 Å². The zero-order chi connectivity index (χ0) is 13.0. The molecule has 1 atom stereocenters. The lowest BCUT2D eigenvalue weighted by Crippen LogP contribution is -2.32. The van der Waals surface area contributed by atoms with Gasteiger partial charge in [-0.1, -0.05) is 0 Å². The minimum Gasteiger partial charge on any atom is -0.496 e. The van der Waals surface area contributed by atoms with Crippen LogP contribution in [0.15, 0.2) is 22.7 Å². The molecule has 0 heterocycles. The fourth-order valence-corrected chi connectivity index (χ4v) is 1.79. The van der Waals surface area contributed by atoms with E-state index < -0.39 is 12.0 Å². The molecule has 6 heteroatoms. The first kappa shape index (κ1) is 13.7. The molecule has 0 saturated heterocycles. The van der Waals surface area contributed by atoms with Gasteiger partial charge >= 0.3 is 5.97 Å². The third kappa shape index (κ3) is 3.54. The number of carbonyl (C=O) groups excluding carboxylic acids is 1. The maximum atomic E-state index is 11.7. The predicted molar refractivity (Wildman–Crippen MR) is 65.3 cm³/mol. The molecule has 92 valence electrons. The molecule has 5 nitrogen and oxygen atoms in total. The van der Waals surface area contributed by atoms with Crippen molar-refractivity contribution in [3.63, 3.8) is 0 Å². The Morgan fingerprint density at radius 3 is 2.65 bits per heavy atom. The number of carbonyl (C=O) groups is 2. The molecule has 0 radical (unpaired) electrons. The van der Waals surface area contributed by atoms with E-state index >= 15 is 0 Å². The largest absolute Gasteiger partial charge is 0.496 e. The smallest absolute Gasteiger partial charge is 0.320 e. The van der Waals surface area contributed by atoms with Crippen LogP contribution >= 0.6 is 15.9 Å². The maximum Gasteiger partial charge on any atom is 0.320 e. The molecular formula is C11H12BrNO4. The normalized spacial score (nSPS) is 11.9. The lowest BCUT2D eigenvalue weighted by atomic mass is 10.0. The van der Waals surface area contributed by atoms with Crippen LogP contribution in [0.5, 0.6) is 5.75 Å². The molecule has 0 aromatic heterocycles. The summed E-state index contributed by atoms with van der Waals surface area (Å²) in [5.41, 5.74) is 5.69. The van der Waals surface area contributed by atoms with Gasteiger partial charge in [-0.25, -0.2) is 0 Å². The summed E-state index contributed by atoms with van der Waals surface area (Å²) in [5.74, 6) is -0.904. The number of halogens is 1. The van der Waals surface area contributed by atoms with Gasteiger partial charge in [-0.05, 0) is 34.1 Å². The first-order valence-corrected chi connectivity index (χ1v) is 5.60. The van der Waals surface area contributed by atoms with Crippen LogP contribution in [0.4, 0.5) is 0 Å². The average Bonchev–Trinajstić information content (AvgIpc) is 2.28. The molecule has 0 aliphatic carbocycles. The second-order valence-corrected chi connectivity index (χ2v) is 4.28. The lowest BCUT2D eigenvalue weighted by molar-refractivity contribution is -0.138. The Morgan fingerprint density at radius 2 is 2.18 bits per heavy atom. The lowest BCUT2D eigenvalue weighted by Gasteiger charge is -2.07. The van der Waals surface area contributed by atoms with Gasteiger partial charge in [-0.2, -0.15) is 0 Å². The molecule has 1 aromatic rings. The van der Waals surface area contributed by atoms with Gasteiger partial charge in [-0.3, -0.25) is 9.59 Å². The summed E-state index contributed by atoms with van der Waals surface area (Å²) in [5, 5.41) is 8.61. The van der Waals surface area contributed by atoms with Gasteiger partial charge in [0.05, 0.1) is 11.6 Å². The van der Waals surface area contributed by atoms with Crippen molar-refractivity contribution >= 4 is 27.7 Å². The Balaban J connectivity index is 2.83. The summed E-state index contributed by atoms with van der Waals surface area (Å²) in [4.78, 5) is 22.2. The molecule has 0 aliphatic rings. The van der Waals surface area contributed by atoms with Gasteiger partial charge in [0, 0.05) is 12.0 Å². The molecule has 0 spiro atoms. The summed E-state index contributed by atoms with van der Waals surface area (Å²) in [7, 11) is 1.52. The highest BCUT2D eigenvalue weighted by atomic mass is 79.9. The third-order valence-electron chi connectivity index (χ3n) is 2.20. The molecule has 0 unspecified atom stereocenters. The average molecular weight is 302 g/mol. The zero-order valence-electron chi connectivity index (χ0n) is 9.14. The number of hydrogen-bond acceptors (Lipinski definition) is 4. The van der Waals surface area contributed by atoms with Crippen molar-refractivity contribution in [1.82, 2.24) is 0 Å². The number of methoxy groups -OCH3 is 1. The molecule has 0 amide bonds. The quantitative estimate of drug-likeness (QED) is 0.803. The van der Waals surface area contributed by atoms with E-state index in [0.717, 1.165) is 0 Å². The van der Waals surface area contributed by atoms with Crippen LogP contribution in [-0.4, -0.2) is 30.0 Å². The van der Waals surface area contributed by atoms with E-state index in [-0.39, 0.29) is 12.2 Å². The van der Waals surface area contributed by atoms with E-state index in [0.29, 0.717) is 15.8 Å². The van der Waals surface area contributed by atoms with Crippen molar-refractivity contribution < 1.29 is 19.4 Å². The molecule has 0 saturated carbocycles. The number of aliphatic carboxylic acids is 1. The Bertz CT molecular complexity index is 447. The van der Waals surface area contributed by atoms with Crippen molar-refractivity contribution in [1.29, 1.82) is 0 Å². The Hall–Kier alpha value is -1.40. The van der Waals surface area contributed by atoms with Crippen LogP contribution in [0.3, 0.4) is 0 Å². The van der Waals surface area contributed by atoms with E-state index in [1.54, 1.807) is 18.2 Å². The summed E-state index contributed by atoms with van der Waals surface area (Å²) in [6, 6.07) is 3.60. The van der Waals surface area contributed by atoms with Crippen molar-refractivity contribution in [2.24, 2.45) is 5.73 Å². The van der Waals surface area contributed by atoms with Gasteiger partial charge in [0.25, 0.3) is 0 Å². The molecule has 17 heavy (non-hydrogen) atoms. The number of Topliss-reactive ketones (excluding diaryl/α,β-unsaturated/α-hetero) is 1. The number of hydrogen-bond donors (Lipinski definition) is 2. The van der Waals surface area contributed by atoms with E-state index in [4.69, 9.17) is 15.6 Å². The van der Waals surface area contributed by atoms with Crippen LogP contribution in [0.25, 0.3) is 0 Å². The van der Waals surface area contributed by atoms with E-state index in [1.807, 2.05) is 0 Å². The molecular weight excluding hydrogens is 290 g/mol. The second kappa shape index (κ2) is 5.79. The number of ketones is 1. The first-order chi connectivity index (χ1) is 7.95. The Morgan fingerprint density at radius 1 is 1.53 bits per heavy atom. The summed E-state index contributed by atoms with van der Waals surface area (Å²) >= 11 is 3.25. The number of carboxylic acids is 1. The summed E-state index contributed by atoms with van der Waals surface area (Å²) in [6.45, 7) is 0. The Labute approximate surface area is 107 Å². The van der Waals surface area contributed by atoms with Crippen LogP contribution < -0.4 is 10.5 Å². The van der Waals surface area contributed by atoms with Crippen molar-refractivity contribution in [2.45, 2.75) is 12.5 Å². The molecule has 0 aliphatic heterocycles. The molecule has 1 rings (SSSR count). The summed E-state index contributed by atoms with van der Waals surface area (Å²) in [6.07, 6.45) is -0.228. The van der Waals surface area contributed by atoms with Crippen molar-refractivity contribution in [2.75, 3.05) is 7.11 Å². The number of nitrogens with two attached hydrogens (primary N) is 1. The fraction of sp³-hybridized carbons (Fsp3) is 0.273. The van der Waals surface area contributed by atoms with Gasteiger partial charge in [0.1, 0.15) is 11.8 Å². The zero-order valence-corrected chi connectivity index (χ0v) is 10.7. The number of benzene rings is 1. The highest BCUT2D eigenvalue weighted by molar-refractivity contribution is 9.10. The highest BCUT2D eigenvalue weighted by Crippen LogP contribution is 2.26. The standard InChI is InChI=1S/C11H12BrNO4/c1-17-10-3-2-6(4-7(10)12)9(14)5-8(13)11(15)16/h2-4,8H,5,13H2,1H3,(H,15,16)/t8-/m0/s1. The summed E-state index contributed by atoms with van der Waals surface area (Å²) < 4.78 is 5.66. The molecule has 1 aromatic carbocycles. The van der Waals surface area contributed by atoms with Gasteiger partial charge in [0.15, 0.2) is 5.78 Å². The fourth-order valence-electron chi connectivity index (χ4n) is 1.24. The van der Waals surface area contributed by atoms with E-state index in [2.05, 4.69) is 15.9 Å².